The number of hydrogen-bond acceptors (Lipinski definition) is 4. The molecule has 1 spiro atoms. The van der Waals surface area contributed by atoms with Crippen molar-refractivity contribution in [3.8, 4) is 5.75 Å². The van der Waals surface area contributed by atoms with Crippen LogP contribution < -0.4 is 0 Å². The van der Waals surface area contributed by atoms with E-state index in [1.807, 2.05) is 6.07 Å². The Labute approximate surface area is 190 Å². The highest BCUT2D eigenvalue weighted by Crippen LogP contribution is 2.57. The molecular formula is C27H33FN2O2. The Bertz CT molecular complexity index is 963. The molecule has 4 atom stereocenters. The summed E-state index contributed by atoms with van der Waals surface area (Å²) in [4.78, 5) is 5.11. The summed E-state index contributed by atoms with van der Waals surface area (Å²) in [6.45, 7) is 3.59. The summed E-state index contributed by atoms with van der Waals surface area (Å²) in [5.74, 6) is 0.274. The van der Waals surface area contributed by atoms with Gasteiger partial charge in [-0.3, -0.25) is 9.80 Å². The molecule has 32 heavy (non-hydrogen) atoms. The maximum absolute atomic E-state index is 14.4. The highest BCUT2D eigenvalue weighted by atomic mass is 19.1. The third kappa shape index (κ3) is 3.46. The number of rotatable bonds is 4. The van der Waals surface area contributed by atoms with E-state index < -0.39 is 0 Å². The molecule has 3 saturated heterocycles. The van der Waals surface area contributed by atoms with E-state index in [9.17, 15) is 9.50 Å². The van der Waals surface area contributed by atoms with Gasteiger partial charge in [0.1, 0.15) is 17.2 Å². The molecule has 3 heterocycles. The molecule has 0 aromatic heterocycles. The van der Waals surface area contributed by atoms with Gasteiger partial charge >= 0.3 is 0 Å². The average Bonchev–Trinajstić information content (AvgIpc) is 3.21. The number of aromatic hydroxyl groups is 1. The van der Waals surface area contributed by atoms with Crippen LogP contribution in [0.25, 0.3) is 0 Å². The van der Waals surface area contributed by atoms with Crippen molar-refractivity contribution in [2.75, 3.05) is 19.6 Å². The first-order valence-corrected chi connectivity index (χ1v) is 12.3. The summed E-state index contributed by atoms with van der Waals surface area (Å²) in [5.41, 5.74) is 1.52. The maximum Gasteiger partial charge on any atom is 0.123 e. The molecule has 1 N–H and O–H groups in total. The number of fused-ring (bicyclic) bond motifs is 1. The largest absolute Gasteiger partial charge is 0.508 e. The smallest absolute Gasteiger partial charge is 0.123 e. The quantitative estimate of drug-likeness (QED) is 0.741. The Hall–Kier alpha value is -1.95. The summed E-state index contributed by atoms with van der Waals surface area (Å²) >= 11 is 0. The Morgan fingerprint density at radius 3 is 2.66 bits per heavy atom. The van der Waals surface area contributed by atoms with E-state index in [-0.39, 0.29) is 29.3 Å². The van der Waals surface area contributed by atoms with Gasteiger partial charge in [0.05, 0.1) is 12.1 Å². The van der Waals surface area contributed by atoms with E-state index in [1.165, 1.54) is 55.9 Å². The van der Waals surface area contributed by atoms with Crippen LogP contribution in [0.5, 0.6) is 5.75 Å². The zero-order valence-electron chi connectivity index (χ0n) is 18.6. The Kier molecular flexibility index (Phi) is 5.24. The third-order valence-corrected chi connectivity index (χ3v) is 8.40. The first-order chi connectivity index (χ1) is 15.6. The fraction of sp³-hybridized carbons (Fsp3) is 0.556. The van der Waals surface area contributed by atoms with E-state index in [0.717, 1.165) is 32.6 Å². The molecule has 2 aromatic carbocycles. The van der Waals surface area contributed by atoms with Gasteiger partial charge in [-0.05, 0) is 43.0 Å². The van der Waals surface area contributed by atoms with Crippen LogP contribution in [-0.2, 0) is 11.3 Å². The summed E-state index contributed by atoms with van der Waals surface area (Å²) in [6, 6.07) is 15.3. The van der Waals surface area contributed by atoms with E-state index in [4.69, 9.17) is 4.74 Å². The monoisotopic (exact) mass is 436 g/mol. The van der Waals surface area contributed by atoms with Crippen LogP contribution >= 0.6 is 0 Å². The fourth-order valence-corrected chi connectivity index (χ4v) is 7.10. The molecule has 0 unspecified atom stereocenters. The summed E-state index contributed by atoms with van der Waals surface area (Å²) in [6.07, 6.45) is 7.83. The van der Waals surface area contributed by atoms with Crippen molar-refractivity contribution < 1.29 is 14.2 Å². The van der Waals surface area contributed by atoms with Gasteiger partial charge in [-0.25, -0.2) is 4.39 Å². The summed E-state index contributed by atoms with van der Waals surface area (Å²) in [5, 5.41) is 10.8. The number of likely N-dealkylation sites (tertiary alicyclic amines) is 2. The van der Waals surface area contributed by atoms with Gasteiger partial charge in [-0.15, -0.1) is 0 Å². The van der Waals surface area contributed by atoms with Crippen LogP contribution in [0.3, 0.4) is 0 Å². The number of phenolic OH excluding ortho intramolecular Hbond substituents is 1. The topological polar surface area (TPSA) is 35.9 Å². The highest BCUT2D eigenvalue weighted by molar-refractivity contribution is 5.40. The van der Waals surface area contributed by atoms with Gasteiger partial charge in [-0.2, -0.15) is 0 Å². The van der Waals surface area contributed by atoms with E-state index >= 15 is 0 Å². The molecule has 1 aliphatic carbocycles. The zero-order chi connectivity index (χ0) is 21.7. The minimum atomic E-state index is -0.388. The number of morpholine rings is 1. The normalized spacial score (nSPS) is 33.5. The van der Waals surface area contributed by atoms with Gasteiger partial charge in [0, 0.05) is 43.7 Å². The standard InChI is InChI=1S/C27H33FN2O2/c28-21-11-12-25(31)24(14-21)26-27-18-30(22-9-5-2-6-10-22)17-23(32-27)13-20(27)16-29(26)15-19-7-3-1-4-8-19/h1,3-4,7-8,11-12,14,20,22-23,26,31H,2,5-6,9-10,13,15-18H2/t20-,23-,26+,27-/m1/s1. The minimum absolute atomic E-state index is 0.153. The number of phenols is 1. The molecule has 3 aliphatic heterocycles. The van der Waals surface area contributed by atoms with E-state index in [0.29, 0.717) is 17.5 Å². The molecule has 2 bridgehead atoms. The predicted octanol–water partition coefficient (Wildman–Crippen LogP) is 4.88. The van der Waals surface area contributed by atoms with Gasteiger partial charge in [0.25, 0.3) is 0 Å². The number of hydrogen-bond donors (Lipinski definition) is 1. The van der Waals surface area contributed by atoms with E-state index in [2.05, 4.69) is 34.1 Å². The number of halogens is 1. The molecule has 170 valence electrons. The second-order valence-corrected chi connectivity index (χ2v) is 10.4. The first kappa shape index (κ1) is 20.6. The van der Waals surface area contributed by atoms with Crippen molar-refractivity contribution in [1.29, 1.82) is 0 Å². The molecule has 5 heteroatoms. The van der Waals surface area contributed by atoms with Crippen molar-refractivity contribution in [2.45, 2.75) is 68.9 Å². The van der Waals surface area contributed by atoms with Crippen LogP contribution in [0.1, 0.15) is 55.7 Å². The summed E-state index contributed by atoms with van der Waals surface area (Å²) < 4.78 is 21.2. The van der Waals surface area contributed by atoms with Crippen molar-refractivity contribution in [3.05, 3.63) is 65.5 Å². The van der Waals surface area contributed by atoms with Crippen molar-refractivity contribution >= 4 is 0 Å². The van der Waals surface area contributed by atoms with Gasteiger partial charge in [-0.1, -0.05) is 49.6 Å². The molecule has 4 fully saturated rings. The number of benzene rings is 2. The number of nitrogens with zero attached hydrogens (tertiary/aromatic N) is 2. The number of ether oxygens (including phenoxy) is 1. The van der Waals surface area contributed by atoms with Crippen LogP contribution in [0.2, 0.25) is 0 Å². The lowest BCUT2D eigenvalue weighted by Crippen LogP contribution is -2.57. The van der Waals surface area contributed by atoms with Crippen LogP contribution in [0, 0.1) is 11.7 Å². The first-order valence-electron chi connectivity index (χ1n) is 12.3. The van der Waals surface area contributed by atoms with E-state index in [1.54, 1.807) is 0 Å². The Balaban J connectivity index is 1.39. The van der Waals surface area contributed by atoms with Crippen LogP contribution in [-0.4, -0.2) is 52.3 Å². The highest BCUT2D eigenvalue weighted by Gasteiger charge is 2.64. The minimum Gasteiger partial charge on any atom is -0.508 e. The molecule has 4 aliphatic rings. The Morgan fingerprint density at radius 1 is 1.03 bits per heavy atom. The molecule has 6 rings (SSSR count). The molecule has 0 amide bonds. The molecule has 4 nitrogen and oxygen atoms in total. The van der Waals surface area contributed by atoms with Gasteiger partial charge in [0.2, 0.25) is 0 Å². The lowest BCUT2D eigenvalue weighted by molar-refractivity contribution is -0.147. The average molecular weight is 437 g/mol. The van der Waals surface area contributed by atoms with Crippen molar-refractivity contribution in [2.24, 2.45) is 5.92 Å². The molecule has 2 aromatic rings. The van der Waals surface area contributed by atoms with Gasteiger partial charge < -0.3 is 9.84 Å². The predicted molar refractivity (Wildman–Crippen MR) is 122 cm³/mol. The maximum atomic E-state index is 14.4. The molecule has 0 radical (unpaired) electrons. The van der Waals surface area contributed by atoms with Gasteiger partial charge in [0.15, 0.2) is 0 Å². The molecule has 1 saturated carbocycles. The lowest BCUT2D eigenvalue weighted by Gasteiger charge is -2.48. The second kappa shape index (κ2) is 8.12. The SMILES string of the molecule is Oc1ccc(F)cc1[C@@H]1N(Cc2ccccc2)C[C@H]2C[C@@H]3CN(C4CCCCC4)C[C@@]21O3. The fourth-order valence-electron chi connectivity index (χ4n) is 7.10. The van der Waals surface area contributed by atoms with Crippen molar-refractivity contribution in [3.63, 3.8) is 0 Å². The van der Waals surface area contributed by atoms with Crippen LogP contribution in [0.15, 0.2) is 48.5 Å². The summed E-state index contributed by atoms with van der Waals surface area (Å²) in [7, 11) is 0. The molecular weight excluding hydrogens is 403 g/mol. The Morgan fingerprint density at radius 2 is 1.84 bits per heavy atom. The second-order valence-electron chi connectivity index (χ2n) is 10.4. The third-order valence-electron chi connectivity index (χ3n) is 8.40. The van der Waals surface area contributed by atoms with Crippen LogP contribution in [0.4, 0.5) is 4.39 Å². The zero-order valence-corrected chi connectivity index (χ0v) is 18.6. The van der Waals surface area contributed by atoms with Crippen molar-refractivity contribution in [1.82, 2.24) is 9.80 Å². The lowest BCUT2D eigenvalue weighted by atomic mass is 9.81.